The molecule has 0 aliphatic carbocycles. The number of hydrogen-bond acceptors (Lipinski definition) is 5. The quantitative estimate of drug-likeness (QED) is 0.892. The minimum Gasteiger partial charge on any atom is -0.481 e. The lowest BCUT2D eigenvalue weighted by Gasteiger charge is -2.37. The van der Waals surface area contributed by atoms with E-state index >= 15 is 0 Å². The second-order valence-corrected chi connectivity index (χ2v) is 5.04. The standard InChI is InChI=1S/C14H15N3O3/c18-13(19)6-10-7-17(8-10)9-12-15-14(20-16-12)11-4-2-1-3-5-11/h1-5,10H,6-9H2,(H,18,19). The van der Waals surface area contributed by atoms with Crippen molar-refractivity contribution < 1.29 is 14.4 Å². The second-order valence-electron chi connectivity index (χ2n) is 5.04. The van der Waals surface area contributed by atoms with Gasteiger partial charge in [0.25, 0.3) is 5.89 Å². The molecular weight excluding hydrogens is 258 g/mol. The fourth-order valence-corrected chi connectivity index (χ4v) is 2.40. The van der Waals surface area contributed by atoms with Gasteiger partial charge in [0.2, 0.25) is 0 Å². The van der Waals surface area contributed by atoms with E-state index in [2.05, 4.69) is 15.0 Å². The van der Waals surface area contributed by atoms with Crippen LogP contribution in [-0.2, 0) is 11.3 Å². The summed E-state index contributed by atoms with van der Waals surface area (Å²) in [6.07, 6.45) is 0.234. The third-order valence-electron chi connectivity index (χ3n) is 3.35. The molecule has 0 saturated carbocycles. The van der Waals surface area contributed by atoms with Crippen LogP contribution >= 0.6 is 0 Å². The average Bonchev–Trinajstić information content (AvgIpc) is 2.85. The smallest absolute Gasteiger partial charge is 0.303 e. The molecule has 0 spiro atoms. The Hall–Kier alpha value is -2.21. The molecule has 0 unspecified atom stereocenters. The Morgan fingerprint density at radius 2 is 2.10 bits per heavy atom. The normalized spacial score (nSPS) is 16.0. The predicted molar refractivity (Wildman–Crippen MR) is 70.8 cm³/mol. The van der Waals surface area contributed by atoms with Gasteiger partial charge in [-0.2, -0.15) is 4.98 Å². The van der Waals surface area contributed by atoms with E-state index in [0.717, 1.165) is 18.7 Å². The largest absolute Gasteiger partial charge is 0.481 e. The molecule has 0 bridgehead atoms. The first-order chi connectivity index (χ1) is 9.70. The Morgan fingerprint density at radius 3 is 2.80 bits per heavy atom. The Morgan fingerprint density at radius 1 is 1.35 bits per heavy atom. The fraction of sp³-hybridized carbons (Fsp3) is 0.357. The van der Waals surface area contributed by atoms with Gasteiger partial charge >= 0.3 is 5.97 Å². The molecule has 1 aliphatic heterocycles. The maximum atomic E-state index is 10.6. The van der Waals surface area contributed by atoms with Crippen LogP contribution in [0.25, 0.3) is 11.5 Å². The zero-order valence-corrected chi connectivity index (χ0v) is 10.9. The van der Waals surface area contributed by atoms with Crippen molar-refractivity contribution in [1.82, 2.24) is 15.0 Å². The molecule has 3 rings (SSSR count). The van der Waals surface area contributed by atoms with Crippen molar-refractivity contribution in [3.8, 4) is 11.5 Å². The number of hydrogen-bond donors (Lipinski definition) is 1. The predicted octanol–water partition coefficient (Wildman–Crippen LogP) is 1.64. The van der Waals surface area contributed by atoms with Crippen molar-refractivity contribution in [3.05, 3.63) is 36.2 Å². The van der Waals surface area contributed by atoms with E-state index in [9.17, 15) is 4.79 Å². The van der Waals surface area contributed by atoms with E-state index in [1.54, 1.807) is 0 Å². The van der Waals surface area contributed by atoms with Crippen LogP contribution in [-0.4, -0.2) is 39.2 Å². The van der Waals surface area contributed by atoms with E-state index < -0.39 is 5.97 Å². The Labute approximate surface area is 116 Å². The SMILES string of the molecule is O=C(O)CC1CN(Cc2noc(-c3ccccc3)n2)C1. The summed E-state index contributed by atoms with van der Waals surface area (Å²) in [7, 11) is 0. The van der Waals surface area contributed by atoms with Crippen molar-refractivity contribution in [2.45, 2.75) is 13.0 Å². The highest BCUT2D eigenvalue weighted by molar-refractivity contribution is 5.67. The first kappa shape index (κ1) is 12.8. The Bertz CT molecular complexity index is 591. The Kier molecular flexibility index (Phi) is 3.47. The van der Waals surface area contributed by atoms with Crippen molar-refractivity contribution >= 4 is 5.97 Å². The first-order valence-electron chi connectivity index (χ1n) is 6.53. The third kappa shape index (κ3) is 2.85. The topological polar surface area (TPSA) is 79.5 Å². The molecule has 1 aromatic carbocycles. The van der Waals surface area contributed by atoms with E-state index in [1.807, 2.05) is 30.3 Å². The minimum atomic E-state index is -0.736. The maximum Gasteiger partial charge on any atom is 0.303 e. The monoisotopic (exact) mass is 273 g/mol. The molecule has 2 aromatic rings. The summed E-state index contributed by atoms with van der Waals surface area (Å²) in [6, 6.07) is 9.62. The summed E-state index contributed by atoms with van der Waals surface area (Å²) in [6.45, 7) is 2.16. The lowest BCUT2D eigenvalue weighted by molar-refractivity contribution is -0.139. The van der Waals surface area contributed by atoms with Gasteiger partial charge in [-0.25, -0.2) is 0 Å². The molecule has 0 radical (unpaired) electrons. The summed E-state index contributed by atoms with van der Waals surface area (Å²) in [5.74, 6) is 0.661. The molecule has 1 aromatic heterocycles. The molecular formula is C14H15N3O3. The highest BCUT2D eigenvalue weighted by Crippen LogP contribution is 2.22. The number of benzene rings is 1. The number of carboxylic acids is 1. The van der Waals surface area contributed by atoms with Crippen LogP contribution < -0.4 is 0 Å². The zero-order chi connectivity index (χ0) is 13.9. The van der Waals surface area contributed by atoms with Gasteiger partial charge in [0.1, 0.15) is 0 Å². The molecule has 20 heavy (non-hydrogen) atoms. The second kappa shape index (κ2) is 5.42. The van der Waals surface area contributed by atoms with Crippen LogP contribution in [0, 0.1) is 5.92 Å². The van der Waals surface area contributed by atoms with E-state index in [0.29, 0.717) is 18.3 Å². The summed E-state index contributed by atoms with van der Waals surface area (Å²) in [5, 5.41) is 12.7. The molecule has 2 heterocycles. The number of rotatable bonds is 5. The molecule has 1 fully saturated rings. The van der Waals surface area contributed by atoms with Gasteiger partial charge in [-0.15, -0.1) is 0 Å². The lowest BCUT2D eigenvalue weighted by atomic mass is 9.96. The number of nitrogens with zero attached hydrogens (tertiary/aromatic N) is 3. The number of aromatic nitrogens is 2. The van der Waals surface area contributed by atoms with Gasteiger partial charge in [0.05, 0.1) is 13.0 Å². The summed E-state index contributed by atoms with van der Waals surface area (Å²) < 4.78 is 5.23. The molecule has 1 aliphatic rings. The molecule has 6 heteroatoms. The van der Waals surface area contributed by atoms with Crippen molar-refractivity contribution in [3.63, 3.8) is 0 Å². The molecule has 104 valence electrons. The maximum absolute atomic E-state index is 10.6. The van der Waals surface area contributed by atoms with Crippen LogP contribution in [0.15, 0.2) is 34.9 Å². The summed E-state index contributed by atoms with van der Waals surface area (Å²) >= 11 is 0. The Balaban J connectivity index is 1.56. The molecule has 1 saturated heterocycles. The van der Waals surface area contributed by atoms with Gasteiger partial charge in [0.15, 0.2) is 5.82 Å². The van der Waals surface area contributed by atoms with Crippen LogP contribution in [0.4, 0.5) is 0 Å². The highest BCUT2D eigenvalue weighted by Gasteiger charge is 2.29. The number of carboxylic acid groups (broad SMARTS) is 1. The average molecular weight is 273 g/mol. The van der Waals surface area contributed by atoms with Crippen molar-refractivity contribution in [2.24, 2.45) is 5.92 Å². The van der Waals surface area contributed by atoms with Crippen molar-refractivity contribution in [1.29, 1.82) is 0 Å². The fourth-order valence-electron chi connectivity index (χ4n) is 2.40. The molecule has 1 N–H and O–H groups in total. The summed E-state index contributed by atoms with van der Waals surface area (Å²) in [4.78, 5) is 17.0. The highest BCUT2D eigenvalue weighted by atomic mass is 16.5. The van der Waals surface area contributed by atoms with Crippen LogP contribution in [0.3, 0.4) is 0 Å². The number of likely N-dealkylation sites (tertiary alicyclic amines) is 1. The number of aliphatic carboxylic acids is 1. The van der Waals surface area contributed by atoms with Gasteiger partial charge in [-0.1, -0.05) is 23.4 Å². The molecule has 6 nitrogen and oxygen atoms in total. The van der Waals surface area contributed by atoms with Gasteiger partial charge in [0, 0.05) is 18.7 Å². The van der Waals surface area contributed by atoms with Gasteiger partial charge in [-0.3, -0.25) is 9.69 Å². The van der Waals surface area contributed by atoms with Gasteiger partial charge in [-0.05, 0) is 18.1 Å². The van der Waals surface area contributed by atoms with Crippen LogP contribution in [0.2, 0.25) is 0 Å². The van der Waals surface area contributed by atoms with Crippen molar-refractivity contribution in [2.75, 3.05) is 13.1 Å². The number of carbonyl (C=O) groups is 1. The van der Waals surface area contributed by atoms with Crippen LogP contribution in [0.1, 0.15) is 12.2 Å². The lowest BCUT2D eigenvalue weighted by Crippen LogP contribution is -2.46. The summed E-state index contributed by atoms with van der Waals surface area (Å²) in [5.41, 5.74) is 0.901. The van der Waals surface area contributed by atoms with Crippen LogP contribution in [0.5, 0.6) is 0 Å². The van der Waals surface area contributed by atoms with Gasteiger partial charge < -0.3 is 9.63 Å². The molecule has 0 atom stereocenters. The van der Waals surface area contributed by atoms with E-state index in [4.69, 9.17) is 9.63 Å². The first-order valence-corrected chi connectivity index (χ1v) is 6.53. The third-order valence-corrected chi connectivity index (χ3v) is 3.35. The molecule has 0 amide bonds. The zero-order valence-electron chi connectivity index (χ0n) is 10.9. The minimum absolute atomic E-state index is 0.234. The van der Waals surface area contributed by atoms with E-state index in [-0.39, 0.29) is 12.3 Å². The van der Waals surface area contributed by atoms with E-state index in [1.165, 1.54) is 0 Å².